The summed E-state index contributed by atoms with van der Waals surface area (Å²) in [6.45, 7) is 42.9. The molecule has 1 unspecified atom stereocenters. The molecule has 1 aliphatic rings. The number of nitrogens with zero attached hydrogens (tertiary/aromatic N) is 1. The summed E-state index contributed by atoms with van der Waals surface area (Å²) in [5.74, 6) is 2.08. The summed E-state index contributed by atoms with van der Waals surface area (Å²) in [5, 5.41) is 1.45. The number of benzene rings is 3. The molecular weight excluding hydrogens is 674 g/mol. The van der Waals surface area contributed by atoms with Crippen LogP contribution >= 0.6 is 8.20 Å². The predicted molar refractivity (Wildman–Crippen MR) is 223 cm³/mol. The molecule has 0 aromatic heterocycles. The Morgan fingerprint density at radius 3 is 1.45 bits per heavy atom. The molecule has 0 N–H and O–H groups in total. The van der Waals surface area contributed by atoms with Crippen molar-refractivity contribution in [3.05, 3.63) is 88.0 Å². The molecule has 1 fully saturated rings. The van der Waals surface area contributed by atoms with E-state index in [0.29, 0.717) is 17.8 Å². The summed E-state index contributed by atoms with van der Waals surface area (Å²) in [6.07, 6.45) is 0. The van der Waals surface area contributed by atoms with Crippen LogP contribution in [0, 0.1) is 0 Å². The molecule has 2 nitrogen and oxygen atoms in total. The van der Waals surface area contributed by atoms with Crippen LogP contribution in [0.4, 0.5) is 5.69 Å². The van der Waals surface area contributed by atoms with Crippen LogP contribution < -0.4 is 9.70 Å². The molecule has 0 amide bonds. The third-order valence-electron chi connectivity index (χ3n) is 10.1. The second-order valence-electron chi connectivity index (χ2n) is 19.5. The van der Waals surface area contributed by atoms with Crippen molar-refractivity contribution in [3.8, 4) is 0 Å². The maximum atomic E-state index is 7.57. The van der Waals surface area contributed by atoms with Gasteiger partial charge in [0, 0.05) is 0 Å². The Labute approximate surface area is 305 Å². The number of para-hydroxylation sites is 1. The molecule has 4 rings (SSSR count). The van der Waals surface area contributed by atoms with Crippen molar-refractivity contribution in [3.63, 3.8) is 0 Å². The molecule has 266 valence electrons. The standard InChI is InChI=1S/C45H66GeNOP/c1-28(2)31-24-34(29(3)4)38(35(25-31)30(5)6)46(45(16,17)18)40(41(48-46)47-33-22-20-19-21-23-33)49-39-36(43(10,11)12)26-32(42(7,8)9)27-37(39)44(13,14)15/h19-30H,1-18H3. The fourth-order valence-corrected chi connectivity index (χ4v) is 22.4. The zero-order valence-electron chi connectivity index (χ0n) is 34.2. The Morgan fingerprint density at radius 1 is 0.612 bits per heavy atom. The van der Waals surface area contributed by atoms with E-state index < -0.39 is 13.6 Å². The first-order valence-corrected chi connectivity index (χ1v) is 23.5. The monoisotopic (exact) mass is 741 g/mol. The molecule has 1 atom stereocenters. The van der Waals surface area contributed by atoms with Crippen molar-refractivity contribution in [2.75, 3.05) is 0 Å². The SMILES string of the molecule is CC(C)c1cc(C(C)C)[c]([Ge]2([C](C)(C)C)[O]C(=Nc3ccccc3)[C]2=Pc2c(C(C)(C)C)cc(C(C)(C)C)cc2C(C)(C)C)c(C(C)C)c1. The summed E-state index contributed by atoms with van der Waals surface area (Å²) in [6, 6.07) is 20.5. The molecule has 1 heterocycles. The van der Waals surface area contributed by atoms with Gasteiger partial charge in [0.15, 0.2) is 0 Å². The van der Waals surface area contributed by atoms with Gasteiger partial charge >= 0.3 is 307 Å². The van der Waals surface area contributed by atoms with Gasteiger partial charge in [-0.2, -0.15) is 0 Å². The molecule has 3 aromatic carbocycles. The van der Waals surface area contributed by atoms with E-state index >= 15 is 0 Å². The summed E-state index contributed by atoms with van der Waals surface area (Å²) in [4.78, 5) is 5.31. The van der Waals surface area contributed by atoms with E-state index in [-0.39, 0.29) is 20.5 Å². The van der Waals surface area contributed by atoms with Gasteiger partial charge in [0.1, 0.15) is 0 Å². The first kappa shape index (κ1) is 39.6. The van der Waals surface area contributed by atoms with Crippen LogP contribution in [0.5, 0.6) is 0 Å². The number of hydrogen-bond acceptors (Lipinski definition) is 2. The van der Waals surface area contributed by atoms with Crippen molar-refractivity contribution in [2.45, 2.75) is 163 Å². The second kappa shape index (κ2) is 13.8. The summed E-state index contributed by atoms with van der Waals surface area (Å²) in [7, 11) is 1.25. The van der Waals surface area contributed by atoms with Gasteiger partial charge < -0.3 is 0 Å². The molecule has 1 saturated heterocycles. The van der Waals surface area contributed by atoms with Crippen LogP contribution in [0.3, 0.4) is 0 Å². The van der Waals surface area contributed by atoms with Gasteiger partial charge in [0.05, 0.1) is 0 Å². The van der Waals surface area contributed by atoms with E-state index in [1.807, 2.05) is 0 Å². The van der Waals surface area contributed by atoms with Crippen molar-refractivity contribution in [2.24, 2.45) is 4.99 Å². The molecule has 0 bridgehead atoms. The topological polar surface area (TPSA) is 21.6 Å². The Balaban J connectivity index is 2.28. The fraction of sp³-hybridized carbons (Fsp3) is 0.556. The third kappa shape index (κ3) is 7.87. The number of rotatable bonds is 6. The van der Waals surface area contributed by atoms with Gasteiger partial charge in [-0.25, -0.2) is 0 Å². The minimum atomic E-state index is -3.63. The average molecular weight is 741 g/mol. The van der Waals surface area contributed by atoms with E-state index in [9.17, 15) is 0 Å². The van der Waals surface area contributed by atoms with E-state index in [2.05, 4.69) is 179 Å². The van der Waals surface area contributed by atoms with Gasteiger partial charge in [-0.15, -0.1) is 0 Å². The number of hydrogen-bond donors (Lipinski definition) is 0. The summed E-state index contributed by atoms with van der Waals surface area (Å²) >= 11 is -3.63. The average Bonchev–Trinajstić information content (AvgIpc) is 2.95. The van der Waals surface area contributed by atoms with Gasteiger partial charge in [-0.1, -0.05) is 0 Å². The molecule has 0 aliphatic carbocycles. The minimum absolute atomic E-state index is 0.0337. The van der Waals surface area contributed by atoms with Gasteiger partial charge in [0.25, 0.3) is 0 Å². The zero-order valence-corrected chi connectivity index (χ0v) is 37.2. The van der Waals surface area contributed by atoms with Crippen LogP contribution in [0.15, 0.2) is 59.6 Å². The molecule has 3 aromatic rings. The second-order valence-corrected chi connectivity index (χ2v) is 30.0. The maximum absolute atomic E-state index is 7.57. The molecule has 1 aliphatic heterocycles. The van der Waals surface area contributed by atoms with Crippen LogP contribution in [-0.2, 0) is 20.0 Å². The molecule has 0 spiro atoms. The van der Waals surface area contributed by atoms with E-state index in [4.69, 9.17) is 8.76 Å². The van der Waals surface area contributed by atoms with Crippen LogP contribution in [0.25, 0.3) is 0 Å². The Bertz CT molecular complexity index is 1670. The van der Waals surface area contributed by atoms with E-state index in [0.717, 1.165) is 11.6 Å². The Kier molecular flexibility index (Phi) is 11.1. The normalized spacial score (nSPS) is 19.3. The molecule has 49 heavy (non-hydrogen) atoms. The summed E-state index contributed by atoms with van der Waals surface area (Å²) < 4.78 is 10.5. The first-order valence-electron chi connectivity index (χ1n) is 18.6. The quantitative estimate of drug-likeness (QED) is 0.182. The van der Waals surface area contributed by atoms with Crippen molar-refractivity contribution in [1.29, 1.82) is 0 Å². The van der Waals surface area contributed by atoms with Crippen molar-refractivity contribution < 1.29 is 3.76 Å². The third-order valence-corrected chi connectivity index (χ3v) is 23.6. The van der Waals surface area contributed by atoms with Crippen LogP contribution in [0.1, 0.15) is 176 Å². The molecule has 4 heteroatoms. The van der Waals surface area contributed by atoms with Crippen molar-refractivity contribution in [1.82, 2.24) is 0 Å². The van der Waals surface area contributed by atoms with Crippen molar-refractivity contribution >= 4 is 47.2 Å². The van der Waals surface area contributed by atoms with Gasteiger partial charge in [0.2, 0.25) is 0 Å². The summed E-state index contributed by atoms with van der Waals surface area (Å²) in [5.41, 5.74) is 9.62. The van der Waals surface area contributed by atoms with E-state index in [1.54, 1.807) is 0 Å². The van der Waals surface area contributed by atoms with Gasteiger partial charge in [-0.3, -0.25) is 0 Å². The number of aliphatic imine (C=N–C) groups is 1. The Morgan fingerprint density at radius 2 is 1.08 bits per heavy atom. The Hall–Kier alpha value is -2.16. The molecular formula is C45H66GeNOP. The molecule has 0 radical (unpaired) electrons. The zero-order chi connectivity index (χ0) is 37.1. The predicted octanol–water partition coefficient (Wildman–Crippen LogP) is 12.6. The van der Waals surface area contributed by atoms with Crippen LogP contribution in [-0.4, -0.2) is 23.6 Å². The van der Waals surface area contributed by atoms with E-state index in [1.165, 1.54) is 55.4 Å². The van der Waals surface area contributed by atoms with Crippen LogP contribution in [0.2, 0.25) is 4.25 Å². The first-order chi connectivity index (χ1) is 22.3. The molecule has 0 saturated carbocycles. The fourth-order valence-electron chi connectivity index (χ4n) is 7.03. The van der Waals surface area contributed by atoms with Gasteiger partial charge in [-0.05, 0) is 0 Å².